The summed E-state index contributed by atoms with van der Waals surface area (Å²) in [5.41, 5.74) is -1.37. The Kier molecular flexibility index (Phi) is 10.1. The summed E-state index contributed by atoms with van der Waals surface area (Å²) in [6, 6.07) is -1.01. The molecule has 0 saturated carbocycles. The molecular formula is C19H34ClN3O6. The molecule has 168 valence electrons. The van der Waals surface area contributed by atoms with Crippen LogP contribution in [0.25, 0.3) is 0 Å². The number of likely N-dealkylation sites (N-methyl/N-ethyl adjacent to an activating group) is 1. The van der Waals surface area contributed by atoms with Gasteiger partial charge in [-0.2, -0.15) is 0 Å². The monoisotopic (exact) mass is 435 g/mol. The highest BCUT2D eigenvalue weighted by molar-refractivity contribution is 5.94. The molecule has 10 heteroatoms. The number of carbonyl (C=O) groups excluding carboxylic acids is 4. The van der Waals surface area contributed by atoms with Crippen molar-refractivity contribution < 1.29 is 28.7 Å². The molecule has 0 aromatic rings. The van der Waals surface area contributed by atoms with E-state index in [-0.39, 0.29) is 50.9 Å². The average molecular weight is 436 g/mol. The van der Waals surface area contributed by atoms with Gasteiger partial charge in [-0.1, -0.05) is 0 Å². The van der Waals surface area contributed by atoms with Gasteiger partial charge in [0.1, 0.15) is 23.8 Å². The third-order valence-electron chi connectivity index (χ3n) is 3.75. The number of carbonyl (C=O) groups is 4. The number of halogens is 1. The molecule has 29 heavy (non-hydrogen) atoms. The van der Waals surface area contributed by atoms with Gasteiger partial charge in [0.2, 0.25) is 11.8 Å². The molecule has 1 aliphatic rings. The second-order valence-electron chi connectivity index (χ2n) is 8.77. The van der Waals surface area contributed by atoms with Crippen LogP contribution in [0.5, 0.6) is 0 Å². The van der Waals surface area contributed by atoms with E-state index < -0.39 is 35.1 Å². The predicted molar refractivity (Wildman–Crippen MR) is 110 cm³/mol. The molecule has 0 bridgehead atoms. The molecule has 0 unspecified atom stereocenters. The van der Waals surface area contributed by atoms with E-state index in [1.807, 2.05) is 0 Å². The summed E-state index contributed by atoms with van der Waals surface area (Å²) in [7, 11) is 1.63. The highest BCUT2D eigenvalue weighted by atomic mass is 35.5. The van der Waals surface area contributed by atoms with Gasteiger partial charge in [-0.25, -0.2) is 0 Å². The molecule has 1 atom stereocenters. The lowest BCUT2D eigenvalue weighted by atomic mass is 10.1. The largest absolute Gasteiger partial charge is 0.460 e. The first-order valence-electron chi connectivity index (χ1n) is 9.40. The molecular weight excluding hydrogens is 402 g/mol. The number of amides is 2. The number of nitrogens with one attached hydrogen (secondary N) is 1. The molecule has 9 nitrogen and oxygen atoms in total. The molecule has 1 fully saturated rings. The Morgan fingerprint density at radius 3 is 2.00 bits per heavy atom. The maximum atomic E-state index is 12.9. The molecule has 2 amide bonds. The minimum atomic E-state index is -1.01. The van der Waals surface area contributed by atoms with Crippen LogP contribution in [-0.4, -0.2) is 84.0 Å². The number of nitrogens with zero attached hydrogens (tertiary/aromatic N) is 2. The Morgan fingerprint density at radius 1 is 1.00 bits per heavy atom. The normalized spacial score (nSPS) is 17.5. The summed E-state index contributed by atoms with van der Waals surface area (Å²) in [5.74, 6) is -1.87. The van der Waals surface area contributed by atoms with Crippen molar-refractivity contribution in [3.05, 3.63) is 0 Å². The van der Waals surface area contributed by atoms with Gasteiger partial charge in [0.25, 0.3) is 0 Å². The number of esters is 2. The topological polar surface area (TPSA) is 105 Å². The lowest BCUT2D eigenvalue weighted by molar-refractivity contribution is -0.166. The summed E-state index contributed by atoms with van der Waals surface area (Å²) >= 11 is 0. The van der Waals surface area contributed by atoms with Crippen molar-refractivity contribution in [1.29, 1.82) is 0 Å². The Balaban J connectivity index is 0.00000784. The minimum absolute atomic E-state index is 0. The van der Waals surface area contributed by atoms with Gasteiger partial charge < -0.3 is 24.6 Å². The molecule has 0 spiro atoms. The van der Waals surface area contributed by atoms with Crippen LogP contribution in [0.4, 0.5) is 0 Å². The van der Waals surface area contributed by atoms with Crippen LogP contribution >= 0.6 is 12.4 Å². The third kappa shape index (κ3) is 9.45. The number of rotatable bonds is 6. The Morgan fingerprint density at radius 2 is 1.52 bits per heavy atom. The second-order valence-corrected chi connectivity index (χ2v) is 8.77. The molecule has 1 N–H and O–H groups in total. The lowest BCUT2D eigenvalue weighted by Gasteiger charge is -2.40. The van der Waals surface area contributed by atoms with Crippen molar-refractivity contribution in [1.82, 2.24) is 15.1 Å². The maximum absolute atomic E-state index is 12.9. The molecule has 1 heterocycles. The second kappa shape index (κ2) is 10.8. The summed E-state index contributed by atoms with van der Waals surface area (Å²) in [6.45, 7) is 10.6. The van der Waals surface area contributed by atoms with Crippen molar-refractivity contribution in [2.45, 2.75) is 65.2 Å². The SMILES string of the molecule is CNCC(=O)N1CCN(CC(=O)OC(C)(C)C)C(=O)[C@@H]1CC(=O)OC(C)(C)C.Cl. The minimum Gasteiger partial charge on any atom is -0.460 e. The summed E-state index contributed by atoms with van der Waals surface area (Å²) in [4.78, 5) is 52.4. The molecule has 1 rings (SSSR count). The standard InChI is InChI=1S/C19H33N3O6.ClH/c1-18(2,3)27-15(24)10-13-17(26)21(12-16(25)28-19(4,5)6)8-9-22(13)14(23)11-20-7;/h13,20H,8-12H2,1-7H3;1H/t13-;/m0./s1. The molecule has 0 aromatic carbocycles. The third-order valence-corrected chi connectivity index (χ3v) is 3.75. The van der Waals surface area contributed by atoms with Crippen molar-refractivity contribution in [2.75, 3.05) is 33.2 Å². The van der Waals surface area contributed by atoms with Gasteiger partial charge in [-0.05, 0) is 48.6 Å². The van der Waals surface area contributed by atoms with Crippen LogP contribution in [-0.2, 0) is 28.7 Å². The van der Waals surface area contributed by atoms with E-state index >= 15 is 0 Å². The van der Waals surface area contributed by atoms with Gasteiger partial charge in [0.05, 0.1) is 13.0 Å². The van der Waals surface area contributed by atoms with Crippen LogP contribution in [0.1, 0.15) is 48.0 Å². The van der Waals surface area contributed by atoms with Gasteiger partial charge >= 0.3 is 11.9 Å². The van der Waals surface area contributed by atoms with Crippen molar-refractivity contribution >= 4 is 36.2 Å². The first-order valence-corrected chi connectivity index (χ1v) is 9.40. The number of hydrogen-bond donors (Lipinski definition) is 1. The maximum Gasteiger partial charge on any atom is 0.326 e. The highest BCUT2D eigenvalue weighted by Crippen LogP contribution is 2.18. The number of ether oxygens (including phenoxy) is 2. The van der Waals surface area contributed by atoms with E-state index in [1.54, 1.807) is 48.6 Å². The van der Waals surface area contributed by atoms with Gasteiger partial charge in [0, 0.05) is 13.1 Å². The first-order chi connectivity index (χ1) is 12.7. The van der Waals surface area contributed by atoms with Crippen LogP contribution in [0.15, 0.2) is 0 Å². The molecule has 1 saturated heterocycles. The first kappa shape index (κ1) is 27.1. The lowest BCUT2D eigenvalue weighted by Crippen LogP contribution is -2.61. The Hall–Kier alpha value is -1.87. The van der Waals surface area contributed by atoms with Crippen LogP contribution in [0.2, 0.25) is 0 Å². The summed E-state index contributed by atoms with van der Waals surface area (Å²) < 4.78 is 10.6. The molecule has 0 aliphatic carbocycles. The highest BCUT2D eigenvalue weighted by Gasteiger charge is 2.40. The summed E-state index contributed by atoms with van der Waals surface area (Å²) in [6.07, 6.45) is -0.267. The zero-order valence-corrected chi connectivity index (χ0v) is 19.2. The van der Waals surface area contributed by atoms with E-state index in [2.05, 4.69) is 5.32 Å². The number of piperazine rings is 1. The van der Waals surface area contributed by atoms with Gasteiger partial charge in [0.15, 0.2) is 0 Å². The zero-order chi connectivity index (χ0) is 21.7. The smallest absolute Gasteiger partial charge is 0.326 e. The molecule has 0 aromatic heterocycles. The van der Waals surface area contributed by atoms with E-state index in [0.717, 1.165) is 0 Å². The molecule has 0 radical (unpaired) electrons. The average Bonchev–Trinajstić information content (AvgIpc) is 2.47. The van der Waals surface area contributed by atoms with Crippen LogP contribution in [0.3, 0.4) is 0 Å². The van der Waals surface area contributed by atoms with E-state index in [1.165, 1.54) is 9.80 Å². The fourth-order valence-electron chi connectivity index (χ4n) is 2.81. The quantitative estimate of drug-likeness (QED) is 0.613. The zero-order valence-electron chi connectivity index (χ0n) is 18.4. The van der Waals surface area contributed by atoms with Crippen molar-refractivity contribution in [3.63, 3.8) is 0 Å². The summed E-state index contributed by atoms with van der Waals surface area (Å²) in [5, 5.41) is 2.75. The van der Waals surface area contributed by atoms with Crippen LogP contribution < -0.4 is 5.32 Å². The van der Waals surface area contributed by atoms with E-state index in [4.69, 9.17) is 9.47 Å². The van der Waals surface area contributed by atoms with Crippen molar-refractivity contribution in [3.8, 4) is 0 Å². The van der Waals surface area contributed by atoms with E-state index in [9.17, 15) is 19.2 Å². The Labute approximate surface area is 178 Å². The van der Waals surface area contributed by atoms with Gasteiger partial charge in [-0.15, -0.1) is 12.4 Å². The predicted octanol–water partition coefficient (Wildman–Crippen LogP) is 0.741. The van der Waals surface area contributed by atoms with E-state index in [0.29, 0.717) is 0 Å². The Bertz CT molecular complexity index is 612. The van der Waals surface area contributed by atoms with Crippen molar-refractivity contribution in [2.24, 2.45) is 0 Å². The van der Waals surface area contributed by atoms with Gasteiger partial charge in [-0.3, -0.25) is 19.2 Å². The fraction of sp³-hybridized carbons (Fsp3) is 0.789. The fourth-order valence-corrected chi connectivity index (χ4v) is 2.81. The number of hydrogen-bond acceptors (Lipinski definition) is 7. The van der Waals surface area contributed by atoms with Crippen LogP contribution in [0, 0.1) is 0 Å². The molecule has 1 aliphatic heterocycles.